The van der Waals surface area contributed by atoms with Gasteiger partial charge in [0.15, 0.2) is 5.78 Å². The predicted octanol–water partition coefficient (Wildman–Crippen LogP) is 3.18. The molecule has 0 spiro atoms. The van der Waals surface area contributed by atoms with Crippen LogP contribution in [0.15, 0.2) is 48.5 Å². The van der Waals surface area contributed by atoms with Crippen LogP contribution in [0.25, 0.3) is 0 Å². The second kappa shape index (κ2) is 7.15. The van der Waals surface area contributed by atoms with Gasteiger partial charge >= 0.3 is 0 Å². The Labute approximate surface area is 141 Å². The molecule has 0 N–H and O–H groups in total. The summed E-state index contributed by atoms with van der Waals surface area (Å²) in [6.45, 7) is 0. The number of hydrogen-bond donors (Lipinski definition) is 0. The number of benzene rings is 2. The van der Waals surface area contributed by atoms with Crippen LogP contribution in [0.4, 0.5) is 11.4 Å². The molecule has 2 aromatic carbocycles. The van der Waals surface area contributed by atoms with Crippen molar-refractivity contribution in [3.63, 3.8) is 0 Å². The van der Waals surface area contributed by atoms with E-state index in [2.05, 4.69) is 15.9 Å². The Bertz CT molecular complexity index is 762. The van der Waals surface area contributed by atoms with Crippen molar-refractivity contribution in [1.82, 2.24) is 0 Å². The van der Waals surface area contributed by atoms with Crippen molar-refractivity contribution in [2.75, 3.05) is 17.3 Å². The van der Waals surface area contributed by atoms with E-state index in [4.69, 9.17) is 0 Å². The molecular formula is C16H13BrN2O4. The molecule has 118 valence electrons. The van der Waals surface area contributed by atoms with Gasteiger partial charge in [-0.05, 0) is 6.07 Å². The fourth-order valence-electron chi connectivity index (χ4n) is 2.08. The third kappa shape index (κ3) is 3.62. The number of carbonyl (C=O) groups excluding carboxylic acids is 2. The lowest BCUT2D eigenvalue weighted by Crippen LogP contribution is -2.28. The van der Waals surface area contributed by atoms with E-state index in [9.17, 15) is 19.7 Å². The second-order valence-corrected chi connectivity index (χ2v) is 5.30. The third-order valence-electron chi connectivity index (χ3n) is 3.32. The van der Waals surface area contributed by atoms with Crippen molar-refractivity contribution < 1.29 is 14.5 Å². The normalized spacial score (nSPS) is 10.2. The highest BCUT2D eigenvalue weighted by atomic mass is 79.9. The molecule has 0 aliphatic heterocycles. The summed E-state index contributed by atoms with van der Waals surface area (Å²) in [5.74, 6) is -0.639. The number of carbonyl (C=O) groups is 2. The summed E-state index contributed by atoms with van der Waals surface area (Å²) in [6.07, 6.45) is 0. The van der Waals surface area contributed by atoms with Crippen molar-refractivity contribution in [2.24, 2.45) is 0 Å². The molecule has 0 atom stereocenters. The second-order valence-electron chi connectivity index (χ2n) is 4.74. The highest BCUT2D eigenvalue weighted by Crippen LogP contribution is 2.27. The molecular weight excluding hydrogens is 364 g/mol. The maximum Gasteiger partial charge on any atom is 0.270 e. The Hall–Kier alpha value is -2.54. The zero-order valence-electron chi connectivity index (χ0n) is 12.2. The first kappa shape index (κ1) is 16.8. The van der Waals surface area contributed by atoms with Gasteiger partial charge in [0.1, 0.15) is 0 Å². The van der Waals surface area contributed by atoms with Gasteiger partial charge in [0, 0.05) is 24.7 Å². The van der Waals surface area contributed by atoms with E-state index >= 15 is 0 Å². The van der Waals surface area contributed by atoms with E-state index in [1.807, 2.05) is 0 Å². The summed E-state index contributed by atoms with van der Waals surface area (Å²) in [7, 11) is 1.52. The first-order valence-corrected chi connectivity index (χ1v) is 7.78. The van der Waals surface area contributed by atoms with Crippen molar-refractivity contribution >= 4 is 39.0 Å². The highest BCUT2D eigenvalue weighted by Gasteiger charge is 2.22. The van der Waals surface area contributed by atoms with Crippen LogP contribution in [-0.4, -0.2) is 29.0 Å². The number of nitrogens with zero attached hydrogens (tertiary/aromatic N) is 2. The van der Waals surface area contributed by atoms with Gasteiger partial charge in [-0.1, -0.05) is 46.3 Å². The maximum absolute atomic E-state index is 12.7. The van der Waals surface area contributed by atoms with Crippen LogP contribution in [0, 0.1) is 10.1 Å². The summed E-state index contributed by atoms with van der Waals surface area (Å²) in [5.41, 5.74) is 0.637. The number of amides is 1. The lowest BCUT2D eigenvalue weighted by atomic mass is 10.0. The van der Waals surface area contributed by atoms with Gasteiger partial charge < -0.3 is 4.90 Å². The number of nitro groups is 1. The first-order valence-electron chi connectivity index (χ1n) is 6.66. The molecule has 2 rings (SSSR count). The fourth-order valence-corrected chi connectivity index (χ4v) is 2.46. The first-order chi connectivity index (χ1) is 11.0. The van der Waals surface area contributed by atoms with Crippen molar-refractivity contribution in [1.29, 1.82) is 0 Å². The van der Waals surface area contributed by atoms with Crippen molar-refractivity contribution in [3.05, 3.63) is 69.8 Å². The molecule has 7 heteroatoms. The van der Waals surface area contributed by atoms with Gasteiger partial charge in [-0.15, -0.1) is 0 Å². The predicted molar refractivity (Wildman–Crippen MR) is 90.2 cm³/mol. The number of alkyl halides is 1. The monoisotopic (exact) mass is 376 g/mol. The van der Waals surface area contributed by atoms with Crippen LogP contribution in [0.1, 0.15) is 15.9 Å². The molecule has 0 heterocycles. The van der Waals surface area contributed by atoms with E-state index < -0.39 is 4.92 Å². The molecule has 0 saturated heterocycles. The number of rotatable bonds is 5. The average Bonchev–Trinajstić information content (AvgIpc) is 2.59. The molecule has 0 aliphatic rings. The maximum atomic E-state index is 12.7. The SMILES string of the molecule is CN(C(=O)CBr)c1ccc([N+](=O)[O-])cc1C(=O)c1ccccc1. The molecule has 0 bridgehead atoms. The standard InChI is InChI=1S/C16H13BrN2O4/c1-18(15(20)10-17)14-8-7-12(19(22)23)9-13(14)16(21)11-5-3-2-4-6-11/h2-9H,10H2,1H3. The highest BCUT2D eigenvalue weighted by molar-refractivity contribution is 9.09. The Morgan fingerprint density at radius 3 is 2.39 bits per heavy atom. The molecule has 6 nitrogen and oxygen atoms in total. The number of non-ortho nitro benzene ring substituents is 1. The van der Waals surface area contributed by atoms with E-state index in [1.165, 1.54) is 30.1 Å². The molecule has 0 aliphatic carbocycles. The minimum Gasteiger partial charge on any atom is -0.314 e. The number of nitro benzene ring substituents is 1. The Balaban J connectivity index is 2.57. The summed E-state index contributed by atoms with van der Waals surface area (Å²) in [5, 5.41) is 11.1. The molecule has 23 heavy (non-hydrogen) atoms. The van der Waals surface area contributed by atoms with Crippen molar-refractivity contribution in [2.45, 2.75) is 0 Å². The van der Waals surface area contributed by atoms with Gasteiger partial charge in [0.25, 0.3) is 5.69 Å². The number of ketones is 1. The van der Waals surface area contributed by atoms with Crippen LogP contribution >= 0.6 is 15.9 Å². The fraction of sp³-hybridized carbons (Fsp3) is 0.125. The molecule has 2 aromatic rings. The Morgan fingerprint density at radius 1 is 1.17 bits per heavy atom. The largest absolute Gasteiger partial charge is 0.314 e. The molecule has 0 radical (unpaired) electrons. The Kier molecular flexibility index (Phi) is 5.23. The summed E-state index contributed by atoms with van der Waals surface area (Å²) < 4.78 is 0. The molecule has 0 aromatic heterocycles. The summed E-state index contributed by atoms with van der Waals surface area (Å²) in [6, 6.07) is 12.3. The molecule has 0 saturated carbocycles. The van der Waals surface area contributed by atoms with E-state index in [1.54, 1.807) is 30.3 Å². The van der Waals surface area contributed by atoms with Crippen LogP contribution in [0.3, 0.4) is 0 Å². The summed E-state index contributed by atoms with van der Waals surface area (Å²) >= 11 is 3.07. The van der Waals surface area contributed by atoms with Crippen LogP contribution in [0.2, 0.25) is 0 Å². The van der Waals surface area contributed by atoms with Gasteiger partial charge in [0.2, 0.25) is 5.91 Å². The number of halogens is 1. The number of hydrogen-bond acceptors (Lipinski definition) is 4. The van der Waals surface area contributed by atoms with Gasteiger partial charge in [0.05, 0.1) is 21.5 Å². The van der Waals surface area contributed by atoms with E-state index in [-0.39, 0.29) is 28.3 Å². The third-order valence-corrected chi connectivity index (χ3v) is 3.80. The topological polar surface area (TPSA) is 80.5 Å². The Morgan fingerprint density at radius 2 is 1.83 bits per heavy atom. The minimum atomic E-state index is -0.572. The summed E-state index contributed by atoms with van der Waals surface area (Å²) in [4.78, 5) is 36.3. The molecule has 0 unspecified atom stereocenters. The van der Waals surface area contributed by atoms with Gasteiger partial charge in [-0.3, -0.25) is 19.7 Å². The van der Waals surface area contributed by atoms with Crippen LogP contribution in [-0.2, 0) is 4.79 Å². The van der Waals surface area contributed by atoms with Crippen molar-refractivity contribution in [3.8, 4) is 0 Å². The average molecular weight is 377 g/mol. The van der Waals surface area contributed by atoms with Crippen LogP contribution < -0.4 is 4.90 Å². The lowest BCUT2D eigenvalue weighted by molar-refractivity contribution is -0.384. The zero-order valence-corrected chi connectivity index (χ0v) is 13.8. The zero-order chi connectivity index (χ0) is 17.0. The van der Waals surface area contributed by atoms with Gasteiger partial charge in [-0.2, -0.15) is 0 Å². The van der Waals surface area contributed by atoms with Gasteiger partial charge in [-0.25, -0.2) is 0 Å². The lowest BCUT2D eigenvalue weighted by Gasteiger charge is -2.19. The van der Waals surface area contributed by atoms with Crippen LogP contribution in [0.5, 0.6) is 0 Å². The number of anilines is 1. The minimum absolute atomic E-state index is 0.0828. The smallest absolute Gasteiger partial charge is 0.270 e. The van der Waals surface area contributed by atoms with E-state index in [0.717, 1.165) is 0 Å². The molecule has 1 amide bonds. The quantitative estimate of drug-likeness (QED) is 0.347. The molecule has 0 fully saturated rings. The van der Waals surface area contributed by atoms with E-state index in [0.29, 0.717) is 11.3 Å².